The van der Waals surface area contributed by atoms with Gasteiger partial charge < -0.3 is 21.3 Å². The van der Waals surface area contributed by atoms with Crippen LogP contribution in [0.25, 0.3) is 0 Å². The van der Waals surface area contributed by atoms with Gasteiger partial charge in [-0.3, -0.25) is 9.59 Å². The molecular formula is C16H22N2O4. The lowest BCUT2D eigenvalue weighted by Crippen LogP contribution is -2.61. The van der Waals surface area contributed by atoms with Crippen molar-refractivity contribution >= 4 is 11.9 Å². The molecule has 1 aliphatic rings. The van der Waals surface area contributed by atoms with Crippen LogP contribution in [-0.4, -0.2) is 34.4 Å². The highest BCUT2D eigenvalue weighted by Gasteiger charge is 2.52. The fourth-order valence-electron chi connectivity index (χ4n) is 3.06. The molecule has 1 aliphatic heterocycles. The molecule has 1 heterocycles. The summed E-state index contributed by atoms with van der Waals surface area (Å²) in [4.78, 5) is 23.1. The van der Waals surface area contributed by atoms with Gasteiger partial charge in [-0.25, -0.2) is 0 Å². The van der Waals surface area contributed by atoms with E-state index in [1.54, 1.807) is 6.92 Å². The van der Waals surface area contributed by atoms with Gasteiger partial charge in [0.05, 0.1) is 5.41 Å². The first-order valence-corrected chi connectivity index (χ1v) is 7.33. The smallest absolute Gasteiger partial charge is 0.311 e. The van der Waals surface area contributed by atoms with E-state index in [9.17, 15) is 19.8 Å². The van der Waals surface area contributed by atoms with E-state index >= 15 is 0 Å². The Kier molecular flexibility index (Phi) is 4.53. The molecule has 6 heteroatoms. The maximum absolute atomic E-state index is 11.8. The van der Waals surface area contributed by atoms with Gasteiger partial charge in [-0.05, 0) is 12.0 Å². The summed E-state index contributed by atoms with van der Waals surface area (Å²) in [5.74, 6) is -1.94. The molecule has 1 aromatic carbocycles. The SMILES string of the molecule is C[C@@H]([C@@]1(C(=O)O)CCC(=O)NC1)[C@](N)(O)Cc1ccccc1. The number of rotatable bonds is 5. The minimum atomic E-state index is -1.68. The number of carboxylic acid groups (broad SMARTS) is 1. The maximum Gasteiger partial charge on any atom is 0.311 e. The van der Waals surface area contributed by atoms with E-state index in [1.807, 2.05) is 30.3 Å². The quantitative estimate of drug-likeness (QED) is 0.592. The van der Waals surface area contributed by atoms with Crippen molar-refractivity contribution < 1.29 is 19.8 Å². The Morgan fingerprint density at radius 1 is 1.45 bits per heavy atom. The number of hydrogen-bond acceptors (Lipinski definition) is 4. The van der Waals surface area contributed by atoms with Gasteiger partial charge in [-0.2, -0.15) is 0 Å². The topological polar surface area (TPSA) is 113 Å². The van der Waals surface area contributed by atoms with Gasteiger partial charge in [0.25, 0.3) is 0 Å². The number of carbonyl (C=O) groups excluding carboxylic acids is 1. The van der Waals surface area contributed by atoms with Crippen molar-refractivity contribution in [3.63, 3.8) is 0 Å². The molecule has 3 atom stereocenters. The number of piperidine rings is 1. The monoisotopic (exact) mass is 306 g/mol. The Balaban J connectivity index is 2.24. The summed E-state index contributed by atoms with van der Waals surface area (Å²) >= 11 is 0. The third-order valence-electron chi connectivity index (χ3n) is 4.73. The van der Waals surface area contributed by atoms with Crippen LogP contribution in [0.4, 0.5) is 0 Å². The highest BCUT2D eigenvalue weighted by molar-refractivity contribution is 5.82. The minimum Gasteiger partial charge on any atom is -0.481 e. The van der Waals surface area contributed by atoms with Crippen LogP contribution in [0.15, 0.2) is 30.3 Å². The molecule has 0 unspecified atom stereocenters. The van der Waals surface area contributed by atoms with Gasteiger partial charge >= 0.3 is 5.97 Å². The number of aliphatic carboxylic acids is 1. The summed E-state index contributed by atoms with van der Waals surface area (Å²) in [5.41, 5.74) is 3.96. The summed E-state index contributed by atoms with van der Waals surface area (Å²) in [6, 6.07) is 9.20. The van der Waals surface area contributed by atoms with Gasteiger partial charge in [0.1, 0.15) is 5.72 Å². The molecule has 0 radical (unpaired) electrons. The number of carbonyl (C=O) groups is 2. The summed E-state index contributed by atoms with van der Waals surface area (Å²) in [5, 5.41) is 22.9. The standard InChI is InChI=1S/C16H22N2O4/c1-11(15(14(20)21)8-7-13(19)18-10-15)16(17,22)9-12-5-3-2-4-6-12/h2-6,11,22H,7-10,17H2,1H3,(H,18,19)(H,20,21)/t11-,15+,16+/m0/s1. The largest absolute Gasteiger partial charge is 0.481 e. The van der Waals surface area contributed by atoms with E-state index in [-0.39, 0.29) is 31.7 Å². The van der Waals surface area contributed by atoms with Crippen molar-refractivity contribution in [3.8, 4) is 0 Å². The van der Waals surface area contributed by atoms with E-state index in [0.717, 1.165) is 5.56 Å². The van der Waals surface area contributed by atoms with Crippen LogP contribution in [0.2, 0.25) is 0 Å². The van der Waals surface area contributed by atoms with Crippen LogP contribution in [0.3, 0.4) is 0 Å². The first kappa shape index (κ1) is 16.5. The third kappa shape index (κ3) is 3.13. The zero-order valence-electron chi connectivity index (χ0n) is 12.6. The Hall–Kier alpha value is -1.92. The highest BCUT2D eigenvalue weighted by Crippen LogP contribution is 2.40. The van der Waals surface area contributed by atoms with Crippen LogP contribution in [0.1, 0.15) is 25.3 Å². The average molecular weight is 306 g/mol. The molecule has 0 bridgehead atoms. The summed E-state index contributed by atoms with van der Waals surface area (Å²) in [6.45, 7) is 1.62. The number of nitrogens with two attached hydrogens (primary N) is 1. The number of nitrogens with one attached hydrogen (secondary N) is 1. The Morgan fingerprint density at radius 2 is 2.09 bits per heavy atom. The molecule has 1 saturated heterocycles. The lowest BCUT2D eigenvalue weighted by Gasteiger charge is -2.44. The van der Waals surface area contributed by atoms with Crippen molar-refractivity contribution in [2.45, 2.75) is 31.9 Å². The summed E-state index contributed by atoms with van der Waals surface area (Å²) in [6.07, 6.45) is 0.444. The Labute approximate surface area is 129 Å². The fourth-order valence-corrected chi connectivity index (χ4v) is 3.06. The summed E-state index contributed by atoms with van der Waals surface area (Å²) in [7, 11) is 0. The highest BCUT2D eigenvalue weighted by atomic mass is 16.4. The average Bonchev–Trinajstić information content (AvgIpc) is 2.48. The van der Waals surface area contributed by atoms with Crippen molar-refractivity contribution in [2.75, 3.05) is 6.54 Å². The first-order valence-electron chi connectivity index (χ1n) is 7.33. The minimum absolute atomic E-state index is 0.0172. The van der Waals surface area contributed by atoms with E-state index in [4.69, 9.17) is 5.73 Å². The summed E-state index contributed by atoms with van der Waals surface area (Å²) < 4.78 is 0. The number of benzene rings is 1. The second kappa shape index (κ2) is 6.06. The van der Waals surface area contributed by atoms with Crippen molar-refractivity contribution in [1.29, 1.82) is 0 Å². The van der Waals surface area contributed by atoms with Gasteiger partial charge in [0.15, 0.2) is 0 Å². The molecule has 0 spiro atoms. The zero-order chi connectivity index (χ0) is 16.4. The van der Waals surface area contributed by atoms with Gasteiger partial charge in [0.2, 0.25) is 5.91 Å². The van der Waals surface area contributed by atoms with E-state index in [2.05, 4.69) is 5.32 Å². The molecule has 120 valence electrons. The molecule has 1 fully saturated rings. The predicted octanol–water partition coefficient (Wildman–Crippen LogP) is 0.494. The van der Waals surface area contributed by atoms with Gasteiger partial charge in [0, 0.05) is 25.3 Å². The predicted molar refractivity (Wildman–Crippen MR) is 80.8 cm³/mol. The lowest BCUT2D eigenvalue weighted by molar-refractivity contribution is -0.165. The van der Waals surface area contributed by atoms with Gasteiger partial charge in [-0.1, -0.05) is 37.3 Å². The van der Waals surface area contributed by atoms with E-state index in [0.29, 0.717) is 0 Å². The van der Waals surface area contributed by atoms with Crippen molar-refractivity contribution in [3.05, 3.63) is 35.9 Å². The molecule has 1 amide bonds. The van der Waals surface area contributed by atoms with E-state index in [1.165, 1.54) is 0 Å². The van der Waals surface area contributed by atoms with Crippen LogP contribution in [-0.2, 0) is 16.0 Å². The molecule has 22 heavy (non-hydrogen) atoms. The molecular weight excluding hydrogens is 284 g/mol. The van der Waals surface area contributed by atoms with Crippen LogP contribution >= 0.6 is 0 Å². The third-order valence-corrected chi connectivity index (χ3v) is 4.73. The Morgan fingerprint density at radius 3 is 2.59 bits per heavy atom. The molecule has 5 N–H and O–H groups in total. The first-order chi connectivity index (χ1) is 10.3. The second-order valence-corrected chi connectivity index (χ2v) is 6.11. The lowest BCUT2D eigenvalue weighted by atomic mass is 9.66. The van der Waals surface area contributed by atoms with E-state index < -0.39 is 23.0 Å². The fraction of sp³-hybridized carbons (Fsp3) is 0.500. The molecule has 6 nitrogen and oxygen atoms in total. The van der Waals surface area contributed by atoms with Crippen LogP contribution in [0, 0.1) is 11.3 Å². The van der Waals surface area contributed by atoms with Gasteiger partial charge in [-0.15, -0.1) is 0 Å². The second-order valence-electron chi connectivity index (χ2n) is 6.11. The Bertz CT molecular complexity index is 547. The zero-order valence-corrected chi connectivity index (χ0v) is 12.6. The molecule has 2 rings (SSSR count). The number of carboxylic acids is 1. The molecule has 0 aliphatic carbocycles. The number of aliphatic hydroxyl groups is 1. The number of amides is 1. The molecule has 1 aromatic rings. The van der Waals surface area contributed by atoms with Crippen LogP contribution in [0.5, 0.6) is 0 Å². The molecule has 0 aromatic heterocycles. The maximum atomic E-state index is 11.8. The number of hydrogen-bond donors (Lipinski definition) is 4. The van der Waals surface area contributed by atoms with Crippen molar-refractivity contribution in [1.82, 2.24) is 5.32 Å². The van der Waals surface area contributed by atoms with Crippen LogP contribution < -0.4 is 11.1 Å². The van der Waals surface area contributed by atoms with Crippen molar-refractivity contribution in [2.24, 2.45) is 17.1 Å². The molecule has 0 saturated carbocycles. The normalized spacial score (nSPS) is 25.9.